The SMILES string of the molecule is CCN1CCN(C(=O)OC(C)(C)C)CC1C(F)(F)F. The van der Waals surface area contributed by atoms with Crippen LogP contribution in [-0.4, -0.2) is 59.9 Å². The number of carbonyl (C=O) groups is 1. The van der Waals surface area contributed by atoms with E-state index in [1.807, 2.05) is 0 Å². The molecule has 1 rings (SSSR count). The van der Waals surface area contributed by atoms with Crippen molar-refractivity contribution in [1.29, 1.82) is 0 Å². The Bertz CT molecular complexity index is 326. The number of piperazine rings is 1. The van der Waals surface area contributed by atoms with Crippen LogP contribution >= 0.6 is 0 Å². The summed E-state index contributed by atoms with van der Waals surface area (Å²) in [4.78, 5) is 14.3. The molecule has 19 heavy (non-hydrogen) atoms. The first-order valence-electron chi connectivity index (χ1n) is 6.33. The maximum absolute atomic E-state index is 12.9. The highest BCUT2D eigenvalue weighted by Gasteiger charge is 2.47. The molecule has 4 nitrogen and oxygen atoms in total. The van der Waals surface area contributed by atoms with Crippen LogP contribution in [-0.2, 0) is 4.74 Å². The van der Waals surface area contributed by atoms with E-state index >= 15 is 0 Å². The van der Waals surface area contributed by atoms with Gasteiger partial charge >= 0.3 is 12.3 Å². The molecule has 7 heteroatoms. The molecule has 0 N–H and O–H groups in total. The second-order valence-corrected chi connectivity index (χ2v) is 5.61. The van der Waals surface area contributed by atoms with Crippen LogP contribution in [0.4, 0.5) is 18.0 Å². The fourth-order valence-electron chi connectivity index (χ4n) is 2.00. The summed E-state index contributed by atoms with van der Waals surface area (Å²) >= 11 is 0. The summed E-state index contributed by atoms with van der Waals surface area (Å²) in [6.45, 7) is 7.16. The van der Waals surface area contributed by atoms with Crippen LogP contribution < -0.4 is 0 Å². The third-order valence-corrected chi connectivity index (χ3v) is 2.93. The molecule has 0 spiro atoms. The van der Waals surface area contributed by atoms with Gasteiger partial charge in [0.05, 0.1) is 0 Å². The van der Waals surface area contributed by atoms with Gasteiger partial charge in [-0.05, 0) is 27.3 Å². The number of nitrogens with zero attached hydrogens (tertiary/aromatic N) is 2. The van der Waals surface area contributed by atoms with E-state index in [2.05, 4.69) is 0 Å². The molecule has 0 radical (unpaired) electrons. The summed E-state index contributed by atoms with van der Waals surface area (Å²) in [6.07, 6.45) is -5.02. The van der Waals surface area contributed by atoms with Gasteiger partial charge < -0.3 is 9.64 Å². The molecule has 1 amide bonds. The Balaban J connectivity index is 2.72. The Kier molecular flexibility index (Phi) is 4.71. The minimum Gasteiger partial charge on any atom is -0.444 e. The Hall–Kier alpha value is -0.980. The zero-order valence-corrected chi connectivity index (χ0v) is 11.8. The highest BCUT2D eigenvalue weighted by atomic mass is 19.4. The summed E-state index contributed by atoms with van der Waals surface area (Å²) in [6, 6.07) is -1.61. The number of carbonyl (C=O) groups excluding carboxylic acids is 1. The normalized spacial score (nSPS) is 22.5. The van der Waals surface area contributed by atoms with Gasteiger partial charge in [0.1, 0.15) is 11.6 Å². The van der Waals surface area contributed by atoms with E-state index in [1.165, 1.54) is 4.90 Å². The number of ether oxygens (including phenoxy) is 1. The molecule has 112 valence electrons. The first-order chi connectivity index (χ1) is 8.54. The fourth-order valence-corrected chi connectivity index (χ4v) is 2.00. The van der Waals surface area contributed by atoms with Crippen LogP contribution in [0.3, 0.4) is 0 Å². The molecule has 1 fully saturated rings. The third kappa shape index (κ3) is 4.56. The first kappa shape index (κ1) is 16.1. The summed E-state index contributed by atoms with van der Waals surface area (Å²) in [7, 11) is 0. The summed E-state index contributed by atoms with van der Waals surface area (Å²) < 4.78 is 43.9. The van der Waals surface area contributed by atoms with Crippen LogP contribution in [0.2, 0.25) is 0 Å². The average molecular weight is 282 g/mol. The second-order valence-electron chi connectivity index (χ2n) is 5.61. The van der Waals surface area contributed by atoms with Gasteiger partial charge in [-0.1, -0.05) is 6.92 Å². The van der Waals surface area contributed by atoms with Crippen LogP contribution in [0.15, 0.2) is 0 Å². The van der Waals surface area contributed by atoms with Crippen molar-refractivity contribution in [2.45, 2.75) is 45.5 Å². The molecule has 1 aliphatic heterocycles. The van der Waals surface area contributed by atoms with Crippen molar-refractivity contribution in [3.05, 3.63) is 0 Å². The maximum atomic E-state index is 12.9. The highest BCUT2D eigenvalue weighted by molar-refractivity contribution is 5.68. The first-order valence-corrected chi connectivity index (χ1v) is 6.33. The number of halogens is 3. The summed E-state index contributed by atoms with van der Waals surface area (Å²) in [5.41, 5.74) is -0.702. The van der Waals surface area contributed by atoms with Crippen molar-refractivity contribution in [3.8, 4) is 0 Å². The lowest BCUT2D eigenvalue weighted by Crippen LogP contribution is -2.60. The number of likely N-dealkylation sites (N-methyl/N-ethyl adjacent to an activating group) is 1. The van der Waals surface area contributed by atoms with E-state index in [4.69, 9.17) is 4.74 Å². The number of rotatable bonds is 1. The minimum absolute atomic E-state index is 0.208. The van der Waals surface area contributed by atoms with Crippen molar-refractivity contribution >= 4 is 6.09 Å². The van der Waals surface area contributed by atoms with E-state index in [-0.39, 0.29) is 19.6 Å². The Morgan fingerprint density at radius 2 is 1.84 bits per heavy atom. The molecule has 0 saturated carbocycles. The number of alkyl halides is 3. The average Bonchev–Trinajstić information content (AvgIpc) is 2.24. The van der Waals surface area contributed by atoms with E-state index < -0.39 is 23.9 Å². The predicted octanol–water partition coefficient (Wildman–Crippen LogP) is 2.49. The molecular formula is C12H21F3N2O2. The van der Waals surface area contributed by atoms with Gasteiger partial charge in [0.2, 0.25) is 0 Å². The van der Waals surface area contributed by atoms with Crippen molar-refractivity contribution in [3.63, 3.8) is 0 Å². The van der Waals surface area contributed by atoms with Crippen molar-refractivity contribution in [2.75, 3.05) is 26.2 Å². The minimum atomic E-state index is -4.34. The van der Waals surface area contributed by atoms with Crippen molar-refractivity contribution < 1.29 is 22.7 Å². The molecule has 0 aromatic rings. The van der Waals surface area contributed by atoms with Gasteiger partial charge in [0.25, 0.3) is 0 Å². The molecular weight excluding hydrogens is 261 g/mol. The van der Waals surface area contributed by atoms with Gasteiger partial charge in [-0.2, -0.15) is 13.2 Å². The molecule has 0 bridgehead atoms. The van der Waals surface area contributed by atoms with Crippen LogP contribution in [0.5, 0.6) is 0 Å². The van der Waals surface area contributed by atoms with E-state index in [1.54, 1.807) is 27.7 Å². The molecule has 0 aromatic heterocycles. The maximum Gasteiger partial charge on any atom is 0.410 e. The van der Waals surface area contributed by atoms with Gasteiger partial charge in [-0.15, -0.1) is 0 Å². The Morgan fingerprint density at radius 3 is 2.26 bits per heavy atom. The second kappa shape index (κ2) is 5.56. The number of hydrogen-bond donors (Lipinski definition) is 0. The predicted molar refractivity (Wildman–Crippen MR) is 64.9 cm³/mol. The lowest BCUT2D eigenvalue weighted by Gasteiger charge is -2.41. The zero-order valence-electron chi connectivity index (χ0n) is 11.8. The number of hydrogen-bond acceptors (Lipinski definition) is 3. The lowest BCUT2D eigenvalue weighted by molar-refractivity contribution is -0.194. The topological polar surface area (TPSA) is 32.8 Å². The van der Waals surface area contributed by atoms with Crippen molar-refractivity contribution in [2.24, 2.45) is 0 Å². The Morgan fingerprint density at radius 1 is 1.26 bits per heavy atom. The largest absolute Gasteiger partial charge is 0.444 e. The third-order valence-electron chi connectivity index (χ3n) is 2.93. The van der Waals surface area contributed by atoms with Gasteiger partial charge in [-0.25, -0.2) is 4.79 Å². The van der Waals surface area contributed by atoms with Gasteiger partial charge in [0.15, 0.2) is 0 Å². The summed E-state index contributed by atoms with van der Waals surface area (Å²) in [5, 5.41) is 0. The van der Waals surface area contributed by atoms with Gasteiger partial charge in [-0.3, -0.25) is 4.90 Å². The lowest BCUT2D eigenvalue weighted by atomic mass is 10.1. The van der Waals surface area contributed by atoms with Crippen LogP contribution in [0.25, 0.3) is 0 Å². The molecule has 1 unspecified atom stereocenters. The van der Waals surface area contributed by atoms with Crippen molar-refractivity contribution in [1.82, 2.24) is 9.80 Å². The fraction of sp³-hybridized carbons (Fsp3) is 0.917. The molecule has 1 heterocycles. The van der Waals surface area contributed by atoms with Crippen LogP contribution in [0.1, 0.15) is 27.7 Å². The van der Waals surface area contributed by atoms with E-state index in [9.17, 15) is 18.0 Å². The monoisotopic (exact) mass is 282 g/mol. The van der Waals surface area contributed by atoms with Crippen LogP contribution in [0, 0.1) is 0 Å². The summed E-state index contributed by atoms with van der Waals surface area (Å²) in [5.74, 6) is 0. The highest BCUT2D eigenvalue weighted by Crippen LogP contribution is 2.28. The standard InChI is InChI=1S/C12H21F3N2O2/c1-5-16-6-7-17(8-9(16)12(13,14)15)10(18)19-11(2,3)4/h9H,5-8H2,1-4H3. The van der Waals surface area contributed by atoms with E-state index in [0.717, 1.165) is 4.90 Å². The van der Waals surface area contributed by atoms with E-state index in [0.29, 0.717) is 6.54 Å². The van der Waals surface area contributed by atoms with Gasteiger partial charge in [0, 0.05) is 19.6 Å². The molecule has 1 aliphatic rings. The quantitative estimate of drug-likeness (QED) is 0.741. The Labute approximate surface area is 111 Å². The molecule has 1 saturated heterocycles. The number of amides is 1. The molecule has 1 atom stereocenters. The smallest absolute Gasteiger partial charge is 0.410 e. The molecule has 0 aliphatic carbocycles. The zero-order chi connectivity index (χ0) is 14.8. The molecule has 0 aromatic carbocycles.